The molecule has 1 atom stereocenters. The average Bonchev–Trinajstić information content (AvgIpc) is 2.83. The summed E-state index contributed by atoms with van der Waals surface area (Å²) in [6.07, 6.45) is 0.598. The Morgan fingerprint density at radius 2 is 1.64 bits per heavy atom. The maximum Gasteiger partial charge on any atom is 0.242 e. The maximum atomic E-state index is 14.4. The Morgan fingerprint density at radius 3 is 2.30 bits per heavy atom. The van der Waals surface area contributed by atoms with Gasteiger partial charge in [0.1, 0.15) is 11.9 Å². The Labute approximate surface area is 199 Å². The molecule has 0 heterocycles. The van der Waals surface area contributed by atoms with Crippen molar-refractivity contribution in [2.75, 3.05) is 12.8 Å². The Bertz CT molecular complexity index is 1060. The highest BCUT2D eigenvalue weighted by Gasteiger charge is 2.30. The third-order valence-electron chi connectivity index (χ3n) is 5.42. The molecule has 0 unspecified atom stereocenters. The predicted molar refractivity (Wildman–Crippen MR) is 131 cm³/mol. The lowest BCUT2D eigenvalue weighted by Gasteiger charge is -2.31. The summed E-state index contributed by atoms with van der Waals surface area (Å²) in [7, 11) is 1.55. The third-order valence-corrected chi connectivity index (χ3v) is 6.44. The first kappa shape index (κ1) is 24.5. The number of hydrogen-bond donors (Lipinski definition) is 1. The van der Waals surface area contributed by atoms with Crippen molar-refractivity contribution < 1.29 is 14.0 Å². The molecule has 1 N–H and O–H groups in total. The van der Waals surface area contributed by atoms with Crippen LogP contribution in [0.2, 0.25) is 0 Å². The first-order chi connectivity index (χ1) is 16.0. The van der Waals surface area contributed by atoms with Gasteiger partial charge in [0, 0.05) is 42.6 Å². The van der Waals surface area contributed by atoms with Crippen molar-refractivity contribution in [2.24, 2.45) is 0 Å². The van der Waals surface area contributed by atoms with Crippen LogP contribution in [-0.4, -0.2) is 35.6 Å². The molecule has 0 saturated heterocycles. The number of carbonyl (C=O) groups is 2. The molecular formula is C27H29FN2O2S. The zero-order chi connectivity index (χ0) is 23.6. The molecular weight excluding hydrogens is 435 g/mol. The Kier molecular flexibility index (Phi) is 9.07. The van der Waals surface area contributed by atoms with E-state index >= 15 is 0 Å². The molecule has 6 heteroatoms. The van der Waals surface area contributed by atoms with E-state index in [2.05, 4.69) is 5.32 Å². The van der Waals surface area contributed by atoms with E-state index in [-0.39, 0.29) is 30.6 Å². The van der Waals surface area contributed by atoms with Crippen LogP contribution in [0.3, 0.4) is 0 Å². The second-order valence-electron chi connectivity index (χ2n) is 7.84. The SMILES string of the molecule is CNC(=O)[C@H](Cc1ccccc1)N(Cc1ccccc1F)C(=O)CCSc1ccc(C)cc1. The molecule has 0 saturated carbocycles. The minimum absolute atomic E-state index is 0.0334. The number of halogens is 1. The van der Waals surface area contributed by atoms with E-state index in [9.17, 15) is 14.0 Å². The number of nitrogens with one attached hydrogen (secondary N) is 1. The van der Waals surface area contributed by atoms with Crippen molar-refractivity contribution in [3.63, 3.8) is 0 Å². The molecule has 0 aliphatic heterocycles. The van der Waals surface area contributed by atoms with Crippen LogP contribution in [0.4, 0.5) is 4.39 Å². The molecule has 33 heavy (non-hydrogen) atoms. The van der Waals surface area contributed by atoms with Gasteiger partial charge in [-0.05, 0) is 30.7 Å². The molecule has 3 aromatic carbocycles. The van der Waals surface area contributed by atoms with Crippen molar-refractivity contribution >= 4 is 23.6 Å². The fourth-order valence-corrected chi connectivity index (χ4v) is 4.41. The summed E-state index contributed by atoms with van der Waals surface area (Å²) in [4.78, 5) is 28.8. The lowest BCUT2D eigenvalue weighted by atomic mass is 10.0. The van der Waals surface area contributed by atoms with Gasteiger partial charge in [-0.1, -0.05) is 66.2 Å². The van der Waals surface area contributed by atoms with Crippen LogP contribution in [0.15, 0.2) is 83.8 Å². The number of carbonyl (C=O) groups excluding carboxylic acids is 2. The summed E-state index contributed by atoms with van der Waals surface area (Å²) in [5, 5.41) is 2.68. The van der Waals surface area contributed by atoms with Gasteiger partial charge in [0.05, 0.1) is 0 Å². The van der Waals surface area contributed by atoms with Crippen LogP contribution in [0.25, 0.3) is 0 Å². The Morgan fingerprint density at radius 1 is 0.970 bits per heavy atom. The van der Waals surface area contributed by atoms with E-state index in [0.717, 1.165) is 10.5 Å². The van der Waals surface area contributed by atoms with Crippen LogP contribution < -0.4 is 5.32 Å². The summed E-state index contributed by atoms with van der Waals surface area (Å²) in [6.45, 7) is 2.07. The van der Waals surface area contributed by atoms with Gasteiger partial charge in [0.15, 0.2) is 0 Å². The standard InChI is InChI=1S/C27H29FN2O2S/c1-20-12-14-23(15-13-20)33-17-16-26(31)30(19-22-10-6-7-11-24(22)28)25(27(32)29-2)18-21-8-4-3-5-9-21/h3-15,25H,16-19H2,1-2H3,(H,29,32)/t25-/m0/s1. The Balaban J connectivity index is 1.81. The van der Waals surface area contributed by atoms with E-state index in [0.29, 0.717) is 17.7 Å². The van der Waals surface area contributed by atoms with E-state index in [1.807, 2.05) is 61.5 Å². The van der Waals surface area contributed by atoms with E-state index in [1.165, 1.54) is 16.5 Å². The summed E-state index contributed by atoms with van der Waals surface area (Å²) >= 11 is 1.59. The largest absolute Gasteiger partial charge is 0.357 e. The molecule has 0 fully saturated rings. The van der Waals surface area contributed by atoms with E-state index in [1.54, 1.807) is 37.0 Å². The molecule has 0 aromatic heterocycles. The second-order valence-corrected chi connectivity index (χ2v) is 9.01. The lowest BCUT2D eigenvalue weighted by molar-refractivity contribution is -0.140. The fraction of sp³-hybridized carbons (Fsp3) is 0.259. The van der Waals surface area contributed by atoms with Crippen LogP contribution in [-0.2, 0) is 22.6 Å². The van der Waals surface area contributed by atoms with Gasteiger partial charge in [-0.3, -0.25) is 9.59 Å². The van der Waals surface area contributed by atoms with Crippen LogP contribution in [0, 0.1) is 12.7 Å². The highest BCUT2D eigenvalue weighted by Crippen LogP contribution is 2.22. The van der Waals surface area contributed by atoms with Crippen LogP contribution >= 0.6 is 11.8 Å². The number of aryl methyl sites for hydroxylation is 1. The molecule has 3 aromatic rings. The van der Waals surface area contributed by atoms with Crippen molar-refractivity contribution in [3.8, 4) is 0 Å². The average molecular weight is 465 g/mol. The number of amides is 2. The molecule has 0 radical (unpaired) electrons. The molecule has 0 bridgehead atoms. The van der Waals surface area contributed by atoms with Gasteiger partial charge >= 0.3 is 0 Å². The predicted octanol–water partition coefficient (Wildman–Crippen LogP) is 5.00. The third kappa shape index (κ3) is 7.19. The van der Waals surface area contributed by atoms with Gasteiger partial charge < -0.3 is 10.2 Å². The zero-order valence-electron chi connectivity index (χ0n) is 19.0. The molecule has 3 rings (SSSR count). The van der Waals surface area contributed by atoms with Crippen LogP contribution in [0.5, 0.6) is 0 Å². The van der Waals surface area contributed by atoms with Crippen molar-refractivity contribution in [1.29, 1.82) is 0 Å². The van der Waals surface area contributed by atoms with E-state index in [4.69, 9.17) is 0 Å². The van der Waals surface area contributed by atoms with Gasteiger partial charge in [-0.2, -0.15) is 0 Å². The smallest absolute Gasteiger partial charge is 0.242 e. The second kappa shape index (κ2) is 12.2. The highest BCUT2D eigenvalue weighted by atomic mass is 32.2. The molecule has 0 spiro atoms. The molecule has 0 aliphatic carbocycles. The monoisotopic (exact) mass is 464 g/mol. The number of rotatable bonds is 10. The van der Waals surface area contributed by atoms with E-state index < -0.39 is 6.04 Å². The first-order valence-electron chi connectivity index (χ1n) is 11.0. The zero-order valence-corrected chi connectivity index (χ0v) is 19.8. The van der Waals surface area contributed by atoms with Gasteiger partial charge in [0.25, 0.3) is 0 Å². The quantitative estimate of drug-likeness (QED) is 0.430. The van der Waals surface area contributed by atoms with Crippen molar-refractivity contribution in [2.45, 2.75) is 37.2 Å². The topological polar surface area (TPSA) is 49.4 Å². The lowest BCUT2D eigenvalue weighted by Crippen LogP contribution is -2.49. The summed E-state index contributed by atoms with van der Waals surface area (Å²) in [5.74, 6) is -0.265. The van der Waals surface area contributed by atoms with Crippen LogP contribution in [0.1, 0.15) is 23.1 Å². The van der Waals surface area contributed by atoms with Gasteiger partial charge in [-0.25, -0.2) is 4.39 Å². The van der Waals surface area contributed by atoms with Crippen molar-refractivity contribution in [1.82, 2.24) is 10.2 Å². The maximum absolute atomic E-state index is 14.4. The number of nitrogens with zero attached hydrogens (tertiary/aromatic N) is 1. The minimum Gasteiger partial charge on any atom is -0.357 e. The highest BCUT2D eigenvalue weighted by molar-refractivity contribution is 7.99. The number of likely N-dealkylation sites (N-methyl/N-ethyl adjacent to an activating group) is 1. The van der Waals surface area contributed by atoms with Crippen molar-refractivity contribution in [3.05, 3.63) is 101 Å². The first-order valence-corrected chi connectivity index (χ1v) is 11.9. The molecule has 2 amide bonds. The summed E-state index contributed by atoms with van der Waals surface area (Å²) in [6, 6.07) is 23.3. The van der Waals surface area contributed by atoms with Gasteiger partial charge in [0.2, 0.25) is 11.8 Å². The minimum atomic E-state index is -0.742. The molecule has 0 aliphatic rings. The normalized spacial score (nSPS) is 11.6. The number of thioether (sulfide) groups is 1. The summed E-state index contributed by atoms with van der Waals surface area (Å²) in [5.41, 5.74) is 2.51. The number of benzene rings is 3. The number of hydrogen-bond acceptors (Lipinski definition) is 3. The summed E-state index contributed by atoms with van der Waals surface area (Å²) < 4.78 is 14.4. The Hall–Kier alpha value is -3.12. The fourth-order valence-electron chi connectivity index (χ4n) is 3.57. The van der Waals surface area contributed by atoms with Gasteiger partial charge in [-0.15, -0.1) is 11.8 Å². The molecule has 172 valence electrons. The molecule has 4 nitrogen and oxygen atoms in total.